The van der Waals surface area contributed by atoms with Crippen molar-refractivity contribution >= 4 is 17.3 Å². The van der Waals surface area contributed by atoms with E-state index in [1.165, 1.54) is 45.8 Å². The number of nitrogens with zero attached hydrogens (tertiary/aromatic N) is 1. The number of carbonyl (C=O) groups excluding carboxylic acids is 1. The third-order valence-corrected chi connectivity index (χ3v) is 5.81. The van der Waals surface area contributed by atoms with Crippen molar-refractivity contribution in [3.8, 4) is 5.75 Å². The van der Waals surface area contributed by atoms with Gasteiger partial charge in [-0.15, -0.1) is 0 Å². The Balaban J connectivity index is 1.51. The number of methoxy groups -OCH3 is 1. The number of hydrogen-bond acceptors (Lipinski definition) is 5. The van der Waals surface area contributed by atoms with E-state index >= 15 is 0 Å². The predicted molar refractivity (Wildman–Crippen MR) is 105 cm³/mol. The van der Waals surface area contributed by atoms with Gasteiger partial charge in [-0.3, -0.25) is 4.79 Å². The number of likely N-dealkylation sites (tertiary alicyclic amines) is 1. The zero-order valence-corrected chi connectivity index (χ0v) is 15.8. The minimum absolute atomic E-state index is 0.140. The molecule has 6 nitrogen and oxygen atoms in total. The van der Waals surface area contributed by atoms with Crippen LogP contribution in [0.3, 0.4) is 0 Å². The fourth-order valence-electron chi connectivity index (χ4n) is 4.22. The van der Waals surface area contributed by atoms with Crippen molar-refractivity contribution < 1.29 is 9.53 Å². The van der Waals surface area contributed by atoms with Crippen LogP contribution in [0.15, 0.2) is 12.1 Å². The van der Waals surface area contributed by atoms with Crippen LogP contribution in [0, 0.1) is 5.92 Å². The van der Waals surface area contributed by atoms with E-state index in [4.69, 9.17) is 16.2 Å². The van der Waals surface area contributed by atoms with Crippen molar-refractivity contribution in [2.24, 2.45) is 5.92 Å². The fraction of sp³-hybridized carbons (Fsp3) is 0.650. The number of hydrogen-bond donors (Lipinski definition) is 3. The molecule has 1 amide bonds. The highest BCUT2D eigenvalue weighted by molar-refractivity contribution is 5.99. The second-order valence-electron chi connectivity index (χ2n) is 7.73. The summed E-state index contributed by atoms with van der Waals surface area (Å²) in [6, 6.07) is 3.41. The van der Waals surface area contributed by atoms with Gasteiger partial charge in [0, 0.05) is 31.7 Å². The summed E-state index contributed by atoms with van der Waals surface area (Å²) in [7, 11) is 1.53. The molecule has 0 radical (unpaired) electrons. The Kier molecular flexibility index (Phi) is 6.25. The molecule has 2 aliphatic rings. The van der Waals surface area contributed by atoms with E-state index in [-0.39, 0.29) is 11.9 Å². The van der Waals surface area contributed by atoms with Crippen molar-refractivity contribution in [1.82, 2.24) is 10.2 Å². The lowest BCUT2D eigenvalue weighted by atomic mass is 9.88. The first-order valence-corrected chi connectivity index (χ1v) is 9.83. The van der Waals surface area contributed by atoms with Crippen LogP contribution in [-0.2, 0) is 0 Å². The van der Waals surface area contributed by atoms with Crippen molar-refractivity contribution in [3.05, 3.63) is 17.7 Å². The molecule has 1 aromatic carbocycles. The molecule has 144 valence electrons. The summed E-state index contributed by atoms with van der Waals surface area (Å²) >= 11 is 0. The number of nitrogens with two attached hydrogens (primary N) is 2. The maximum absolute atomic E-state index is 12.7. The highest BCUT2D eigenvalue weighted by atomic mass is 16.5. The molecule has 1 heterocycles. The second-order valence-corrected chi connectivity index (χ2v) is 7.73. The van der Waals surface area contributed by atoms with E-state index in [2.05, 4.69) is 10.2 Å². The third-order valence-electron chi connectivity index (χ3n) is 5.81. The summed E-state index contributed by atoms with van der Waals surface area (Å²) < 4.78 is 5.29. The van der Waals surface area contributed by atoms with Gasteiger partial charge in [-0.25, -0.2) is 0 Å². The molecule has 0 spiro atoms. The topological polar surface area (TPSA) is 93.6 Å². The molecule has 2 fully saturated rings. The molecule has 1 aromatic rings. The average Bonchev–Trinajstić information content (AvgIpc) is 2.66. The first-order chi connectivity index (χ1) is 12.6. The van der Waals surface area contributed by atoms with Gasteiger partial charge in [-0.2, -0.15) is 0 Å². The van der Waals surface area contributed by atoms with Crippen LogP contribution in [0.1, 0.15) is 55.3 Å². The van der Waals surface area contributed by atoms with E-state index in [0.717, 1.165) is 31.8 Å². The molecule has 0 bridgehead atoms. The lowest BCUT2D eigenvalue weighted by molar-refractivity contribution is 0.0898. The Bertz CT molecular complexity index is 620. The van der Waals surface area contributed by atoms with Gasteiger partial charge in [0.05, 0.1) is 24.0 Å². The van der Waals surface area contributed by atoms with Crippen LogP contribution >= 0.6 is 0 Å². The summed E-state index contributed by atoms with van der Waals surface area (Å²) in [6.45, 7) is 3.34. The van der Waals surface area contributed by atoms with E-state index in [1.807, 2.05) is 0 Å². The van der Waals surface area contributed by atoms with Crippen molar-refractivity contribution in [2.75, 3.05) is 38.2 Å². The highest BCUT2D eigenvalue weighted by Crippen LogP contribution is 2.28. The highest BCUT2D eigenvalue weighted by Gasteiger charge is 2.25. The Hall–Kier alpha value is -1.95. The van der Waals surface area contributed by atoms with Crippen LogP contribution in [-0.4, -0.2) is 43.6 Å². The normalized spacial score (nSPS) is 20.0. The smallest absolute Gasteiger partial charge is 0.255 e. The standard InChI is InChI=1S/C20H32N4O2/c1-26-19-12-18(22)17(21)11-16(19)20(25)23-15-7-9-24(10-8-15)13-14-5-3-2-4-6-14/h11-12,14-15H,2-10,13,21-22H2,1H3,(H,23,25). The molecule has 1 saturated carbocycles. The van der Waals surface area contributed by atoms with Crippen molar-refractivity contribution in [2.45, 2.75) is 51.0 Å². The van der Waals surface area contributed by atoms with Crippen molar-refractivity contribution in [1.29, 1.82) is 0 Å². The molecular formula is C20H32N4O2. The number of benzene rings is 1. The number of anilines is 2. The van der Waals surface area contributed by atoms with Crippen LogP contribution in [0.2, 0.25) is 0 Å². The molecule has 3 rings (SSSR count). The second kappa shape index (κ2) is 8.62. The third kappa shape index (κ3) is 4.61. The SMILES string of the molecule is COc1cc(N)c(N)cc1C(=O)NC1CCN(CC2CCCCC2)CC1. The number of nitrogens with one attached hydrogen (secondary N) is 1. The minimum Gasteiger partial charge on any atom is -0.496 e. The number of piperidine rings is 1. The maximum atomic E-state index is 12.7. The molecule has 5 N–H and O–H groups in total. The average molecular weight is 361 g/mol. The van der Waals surface area contributed by atoms with E-state index < -0.39 is 0 Å². The lowest BCUT2D eigenvalue weighted by Crippen LogP contribution is -2.46. The zero-order chi connectivity index (χ0) is 18.5. The molecule has 0 unspecified atom stereocenters. The minimum atomic E-state index is -0.140. The first kappa shape index (κ1) is 18.8. The molecule has 1 aliphatic carbocycles. The Morgan fingerprint density at radius 2 is 1.77 bits per heavy atom. The summed E-state index contributed by atoms with van der Waals surface area (Å²) in [4.78, 5) is 15.2. The van der Waals surface area contributed by atoms with E-state index in [0.29, 0.717) is 22.7 Å². The zero-order valence-electron chi connectivity index (χ0n) is 15.8. The predicted octanol–water partition coefficient (Wildman–Crippen LogP) is 2.63. The molecule has 6 heteroatoms. The Morgan fingerprint density at radius 3 is 2.42 bits per heavy atom. The number of amides is 1. The van der Waals surface area contributed by atoms with Crippen LogP contribution in [0.4, 0.5) is 11.4 Å². The Morgan fingerprint density at radius 1 is 1.12 bits per heavy atom. The summed E-state index contributed by atoms with van der Waals surface area (Å²) in [5.41, 5.74) is 12.9. The van der Waals surface area contributed by atoms with Gasteiger partial charge >= 0.3 is 0 Å². The molecule has 0 atom stereocenters. The van der Waals surface area contributed by atoms with Gasteiger partial charge in [-0.05, 0) is 37.7 Å². The largest absolute Gasteiger partial charge is 0.496 e. The van der Waals surface area contributed by atoms with Gasteiger partial charge < -0.3 is 26.4 Å². The summed E-state index contributed by atoms with van der Waals surface area (Å²) in [6.07, 6.45) is 8.94. The molecule has 26 heavy (non-hydrogen) atoms. The lowest BCUT2D eigenvalue weighted by Gasteiger charge is -2.35. The van der Waals surface area contributed by atoms with Gasteiger partial charge in [0.25, 0.3) is 5.91 Å². The number of rotatable bonds is 5. The molecule has 1 aliphatic heterocycles. The molecule has 0 aromatic heterocycles. The van der Waals surface area contributed by atoms with Crippen LogP contribution in [0.5, 0.6) is 5.75 Å². The van der Waals surface area contributed by atoms with Gasteiger partial charge in [0.15, 0.2) is 0 Å². The summed E-state index contributed by atoms with van der Waals surface area (Å²) in [5.74, 6) is 1.19. The van der Waals surface area contributed by atoms with Gasteiger partial charge in [0.2, 0.25) is 0 Å². The van der Waals surface area contributed by atoms with Crippen molar-refractivity contribution in [3.63, 3.8) is 0 Å². The number of nitrogen functional groups attached to an aromatic ring is 2. The fourth-order valence-corrected chi connectivity index (χ4v) is 4.22. The molecule has 1 saturated heterocycles. The number of carbonyl (C=O) groups is 1. The molecular weight excluding hydrogens is 328 g/mol. The monoisotopic (exact) mass is 360 g/mol. The Labute approximate surface area is 156 Å². The maximum Gasteiger partial charge on any atom is 0.255 e. The van der Waals surface area contributed by atoms with E-state index in [9.17, 15) is 4.79 Å². The van der Waals surface area contributed by atoms with Gasteiger partial charge in [0.1, 0.15) is 5.75 Å². The quantitative estimate of drug-likeness (QED) is 0.702. The summed E-state index contributed by atoms with van der Waals surface area (Å²) in [5, 5.41) is 3.14. The van der Waals surface area contributed by atoms with Gasteiger partial charge in [-0.1, -0.05) is 19.3 Å². The first-order valence-electron chi connectivity index (χ1n) is 9.83. The van der Waals surface area contributed by atoms with Crippen LogP contribution in [0.25, 0.3) is 0 Å². The number of ether oxygens (including phenoxy) is 1. The van der Waals surface area contributed by atoms with Crippen LogP contribution < -0.4 is 21.5 Å². The van der Waals surface area contributed by atoms with E-state index in [1.54, 1.807) is 12.1 Å².